The number of amides is 1. The molecule has 2 fully saturated rings. The Kier molecular flexibility index (Phi) is 4.35. The molecule has 7 heteroatoms. The van der Waals surface area contributed by atoms with E-state index in [2.05, 4.69) is 15.5 Å². The van der Waals surface area contributed by atoms with E-state index in [9.17, 15) is 14.9 Å². The number of nitrogens with one attached hydrogen (secondary N) is 2. The summed E-state index contributed by atoms with van der Waals surface area (Å²) in [7, 11) is 0. The van der Waals surface area contributed by atoms with Crippen LogP contribution in [0.2, 0.25) is 0 Å². The topological polar surface area (TPSA) is 87.5 Å². The first-order valence-corrected chi connectivity index (χ1v) is 7.63. The number of benzene rings is 1. The van der Waals surface area contributed by atoms with Crippen molar-refractivity contribution >= 4 is 17.3 Å². The summed E-state index contributed by atoms with van der Waals surface area (Å²) < 4.78 is 0. The Morgan fingerprint density at radius 2 is 2.09 bits per heavy atom. The number of carbonyl (C=O) groups excluding carboxylic acids is 1. The van der Waals surface area contributed by atoms with E-state index >= 15 is 0 Å². The minimum Gasteiger partial charge on any atom is -0.319 e. The molecule has 2 unspecified atom stereocenters. The molecule has 2 aliphatic rings. The Labute approximate surface area is 128 Å². The highest BCUT2D eigenvalue weighted by atomic mass is 16.6. The van der Waals surface area contributed by atoms with Gasteiger partial charge in [-0.1, -0.05) is 12.1 Å². The van der Waals surface area contributed by atoms with Gasteiger partial charge in [-0.25, -0.2) is 0 Å². The van der Waals surface area contributed by atoms with Crippen molar-refractivity contribution in [1.82, 2.24) is 10.2 Å². The van der Waals surface area contributed by atoms with Crippen molar-refractivity contribution in [3.05, 3.63) is 34.4 Å². The molecule has 2 heterocycles. The highest BCUT2D eigenvalue weighted by Gasteiger charge is 2.30. The van der Waals surface area contributed by atoms with Gasteiger partial charge in [-0.2, -0.15) is 0 Å². The van der Waals surface area contributed by atoms with E-state index in [-0.39, 0.29) is 23.8 Å². The summed E-state index contributed by atoms with van der Waals surface area (Å²) in [4.78, 5) is 24.8. The second-order valence-electron chi connectivity index (χ2n) is 5.98. The summed E-state index contributed by atoms with van der Waals surface area (Å²) in [5.41, 5.74) is 0.180. The molecule has 2 atom stereocenters. The molecule has 2 aliphatic heterocycles. The monoisotopic (exact) mass is 304 g/mol. The van der Waals surface area contributed by atoms with Gasteiger partial charge in [0.1, 0.15) is 5.69 Å². The smallest absolute Gasteiger partial charge is 0.292 e. The van der Waals surface area contributed by atoms with Crippen LogP contribution in [0.4, 0.5) is 11.4 Å². The number of nitro groups is 1. The maximum atomic E-state index is 12.2. The summed E-state index contributed by atoms with van der Waals surface area (Å²) in [5.74, 6) is -0.202. The van der Waals surface area contributed by atoms with Crippen LogP contribution in [0.1, 0.15) is 19.3 Å². The van der Waals surface area contributed by atoms with Crippen LogP contribution in [0, 0.1) is 10.1 Å². The van der Waals surface area contributed by atoms with Crippen LogP contribution in [0.15, 0.2) is 24.3 Å². The number of likely N-dealkylation sites (tertiary alicyclic amines) is 1. The predicted octanol–water partition coefficient (Wildman–Crippen LogP) is 1.36. The van der Waals surface area contributed by atoms with Gasteiger partial charge in [-0.15, -0.1) is 0 Å². The third-order valence-corrected chi connectivity index (χ3v) is 4.35. The maximum Gasteiger partial charge on any atom is 0.292 e. The van der Waals surface area contributed by atoms with Gasteiger partial charge in [-0.3, -0.25) is 19.8 Å². The SMILES string of the molecule is O=C(CN1CCC2CCC(C1)N2)Nc1ccccc1[N+](=O)[O-]. The van der Waals surface area contributed by atoms with Crippen LogP contribution in [-0.2, 0) is 4.79 Å². The zero-order valence-corrected chi connectivity index (χ0v) is 12.3. The summed E-state index contributed by atoms with van der Waals surface area (Å²) in [6.45, 7) is 2.02. The number of carbonyl (C=O) groups is 1. The van der Waals surface area contributed by atoms with Gasteiger partial charge in [0.2, 0.25) is 5.91 Å². The van der Waals surface area contributed by atoms with E-state index < -0.39 is 4.92 Å². The summed E-state index contributed by atoms with van der Waals surface area (Å²) in [6, 6.07) is 7.26. The fourth-order valence-corrected chi connectivity index (χ4v) is 3.29. The molecule has 1 amide bonds. The molecule has 118 valence electrons. The van der Waals surface area contributed by atoms with E-state index in [1.54, 1.807) is 18.2 Å². The Morgan fingerprint density at radius 1 is 1.32 bits per heavy atom. The fraction of sp³-hybridized carbons (Fsp3) is 0.533. The molecule has 1 aromatic rings. The van der Waals surface area contributed by atoms with Gasteiger partial charge >= 0.3 is 0 Å². The van der Waals surface area contributed by atoms with E-state index in [4.69, 9.17) is 0 Å². The summed E-state index contributed by atoms with van der Waals surface area (Å²) >= 11 is 0. The van der Waals surface area contributed by atoms with Crippen LogP contribution >= 0.6 is 0 Å². The summed E-state index contributed by atoms with van der Waals surface area (Å²) in [5, 5.41) is 17.2. The van der Waals surface area contributed by atoms with Gasteiger partial charge in [-0.05, 0) is 25.3 Å². The highest BCUT2D eigenvalue weighted by Crippen LogP contribution is 2.23. The van der Waals surface area contributed by atoms with Crippen molar-refractivity contribution in [1.29, 1.82) is 0 Å². The number of hydrogen-bond acceptors (Lipinski definition) is 5. The zero-order chi connectivity index (χ0) is 15.5. The molecule has 7 nitrogen and oxygen atoms in total. The molecule has 2 N–H and O–H groups in total. The van der Waals surface area contributed by atoms with Gasteiger partial charge in [0.05, 0.1) is 11.5 Å². The molecule has 1 aromatic carbocycles. The predicted molar refractivity (Wildman–Crippen MR) is 82.7 cm³/mol. The lowest BCUT2D eigenvalue weighted by atomic mass is 10.1. The normalized spacial score (nSPS) is 24.7. The average Bonchev–Trinajstić information content (AvgIpc) is 2.82. The molecule has 2 saturated heterocycles. The lowest BCUT2D eigenvalue weighted by Gasteiger charge is -2.23. The third kappa shape index (κ3) is 3.42. The van der Waals surface area contributed by atoms with Crippen molar-refractivity contribution in [2.45, 2.75) is 31.3 Å². The van der Waals surface area contributed by atoms with Gasteiger partial charge in [0.25, 0.3) is 5.69 Å². The standard InChI is InChI=1S/C15H20N4O3/c20-15(17-13-3-1-2-4-14(13)19(21)22)10-18-8-7-11-5-6-12(9-18)16-11/h1-4,11-12,16H,5-10H2,(H,17,20). The van der Waals surface area contributed by atoms with Gasteiger partial charge < -0.3 is 10.6 Å². The van der Waals surface area contributed by atoms with Crippen molar-refractivity contribution in [3.8, 4) is 0 Å². The number of anilines is 1. The van der Waals surface area contributed by atoms with Crippen molar-refractivity contribution in [3.63, 3.8) is 0 Å². The largest absolute Gasteiger partial charge is 0.319 e. The fourth-order valence-electron chi connectivity index (χ4n) is 3.29. The van der Waals surface area contributed by atoms with Crippen LogP contribution in [0.3, 0.4) is 0 Å². The molecule has 22 heavy (non-hydrogen) atoms. The quantitative estimate of drug-likeness (QED) is 0.648. The molecular weight excluding hydrogens is 284 g/mol. The van der Waals surface area contributed by atoms with Crippen LogP contribution in [0.5, 0.6) is 0 Å². The van der Waals surface area contributed by atoms with Gasteiger partial charge in [0.15, 0.2) is 0 Å². The first-order chi connectivity index (χ1) is 10.6. The number of nitrogens with zero attached hydrogens (tertiary/aromatic N) is 2. The summed E-state index contributed by atoms with van der Waals surface area (Å²) in [6.07, 6.45) is 3.43. The molecule has 0 saturated carbocycles. The van der Waals surface area contributed by atoms with Crippen LogP contribution < -0.4 is 10.6 Å². The molecule has 2 bridgehead atoms. The first kappa shape index (κ1) is 14.9. The molecule has 0 aliphatic carbocycles. The molecule has 0 radical (unpaired) electrons. The van der Waals surface area contributed by atoms with Crippen molar-refractivity contribution in [2.75, 3.05) is 25.0 Å². The number of para-hydroxylation sites is 2. The van der Waals surface area contributed by atoms with E-state index in [1.165, 1.54) is 12.5 Å². The minimum atomic E-state index is -0.482. The molecule has 0 spiro atoms. The van der Waals surface area contributed by atoms with E-state index in [1.807, 2.05) is 0 Å². The maximum absolute atomic E-state index is 12.2. The Morgan fingerprint density at radius 3 is 2.91 bits per heavy atom. The number of fused-ring (bicyclic) bond motifs is 2. The van der Waals surface area contributed by atoms with E-state index in [0.717, 1.165) is 25.9 Å². The Balaban J connectivity index is 1.60. The zero-order valence-electron chi connectivity index (χ0n) is 12.3. The van der Waals surface area contributed by atoms with Crippen molar-refractivity contribution < 1.29 is 9.72 Å². The van der Waals surface area contributed by atoms with Crippen molar-refractivity contribution in [2.24, 2.45) is 0 Å². The number of nitro benzene ring substituents is 1. The Hall–Kier alpha value is -1.99. The lowest BCUT2D eigenvalue weighted by Crippen LogP contribution is -2.39. The third-order valence-electron chi connectivity index (χ3n) is 4.35. The molecule has 3 rings (SSSR count). The average molecular weight is 304 g/mol. The van der Waals surface area contributed by atoms with Gasteiger partial charge in [0, 0.05) is 31.2 Å². The van der Waals surface area contributed by atoms with E-state index in [0.29, 0.717) is 12.1 Å². The highest BCUT2D eigenvalue weighted by molar-refractivity contribution is 5.94. The van der Waals surface area contributed by atoms with Crippen LogP contribution in [0.25, 0.3) is 0 Å². The molecule has 0 aromatic heterocycles. The second kappa shape index (κ2) is 6.41. The lowest BCUT2D eigenvalue weighted by molar-refractivity contribution is -0.383. The first-order valence-electron chi connectivity index (χ1n) is 7.63. The Bertz CT molecular complexity index is 578. The van der Waals surface area contributed by atoms with Crippen LogP contribution in [-0.4, -0.2) is 47.4 Å². The molecular formula is C15H20N4O3. The minimum absolute atomic E-state index is 0.0764. The second-order valence-corrected chi connectivity index (χ2v) is 5.98. The number of hydrogen-bond donors (Lipinski definition) is 2. The number of rotatable bonds is 4.